The minimum absolute atomic E-state index is 0. The number of aliphatic imine (C=N–C) groups is 1. The largest absolute Gasteiger partial charge is 0.357 e. The number of amides is 1. The molecule has 1 heterocycles. The van der Waals surface area contributed by atoms with Gasteiger partial charge in [0, 0.05) is 25.3 Å². The van der Waals surface area contributed by atoms with Crippen LogP contribution in [0.4, 0.5) is 5.69 Å². The van der Waals surface area contributed by atoms with Crippen molar-refractivity contribution in [1.82, 2.24) is 10.2 Å². The molecule has 2 rings (SSSR count). The zero-order valence-corrected chi connectivity index (χ0v) is 16.2. The molecule has 1 saturated heterocycles. The normalized spacial score (nSPS) is 18.1. The lowest BCUT2D eigenvalue weighted by atomic mass is 10.0. The minimum Gasteiger partial charge on any atom is -0.357 e. The molecule has 23 heavy (non-hydrogen) atoms. The Morgan fingerprint density at radius 1 is 1.35 bits per heavy atom. The molecule has 5 nitrogen and oxygen atoms in total. The maximum atomic E-state index is 12.0. The fourth-order valence-electron chi connectivity index (χ4n) is 2.68. The monoisotopic (exact) mass is 430 g/mol. The Labute approximate surface area is 156 Å². The number of hydrogen-bond acceptors (Lipinski definition) is 2. The van der Waals surface area contributed by atoms with Gasteiger partial charge in [-0.2, -0.15) is 0 Å². The summed E-state index contributed by atoms with van der Waals surface area (Å²) in [5, 5.41) is 6.15. The Hall–Kier alpha value is -1.31. The number of guanidine groups is 1. The quantitative estimate of drug-likeness (QED) is 0.439. The molecule has 0 aromatic heterocycles. The molecule has 0 spiro atoms. The number of benzene rings is 1. The van der Waals surface area contributed by atoms with Gasteiger partial charge in [0.25, 0.3) is 0 Å². The minimum atomic E-state index is -0.0911. The highest BCUT2D eigenvalue weighted by Crippen LogP contribution is 2.15. The summed E-state index contributed by atoms with van der Waals surface area (Å²) in [6.45, 7) is 7.28. The van der Waals surface area contributed by atoms with Gasteiger partial charge in [0.2, 0.25) is 5.91 Å². The molecule has 1 fully saturated rings. The van der Waals surface area contributed by atoms with Crippen LogP contribution in [0.2, 0.25) is 0 Å². The molecule has 1 aromatic rings. The maximum Gasteiger partial charge on any atom is 0.246 e. The fourth-order valence-corrected chi connectivity index (χ4v) is 2.68. The van der Waals surface area contributed by atoms with Crippen molar-refractivity contribution < 1.29 is 4.79 Å². The number of hydrogen-bond donors (Lipinski definition) is 2. The zero-order valence-electron chi connectivity index (χ0n) is 13.9. The lowest BCUT2D eigenvalue weighted by Crippen LogP contribution is -2.46. The number of para-hydroxylation sites is 1. The molecule has 6 heteroatoms. The maximum absolute atomic E-state index is 12.0. The van der Waals surface area contributed by atoms with E-state index in [1.807, 2.05) is 37.3 Å². The van der Waals surface area contributed by atoms with E-state index in [0.29, 0.717) is 5.92 Å². The fraction of sp³-hybridized carbons (Fsp3) is 0.529. The topological polar surface area (TPSA) is 56.7 Å². The summed E-state index contributed by atoms with van der Waals surface area (Å²) in [5.74, 6) is 1.43. The van der Waals surface area contributed by atoms with Gasteiger partial charge < -0.3 is 15.5 Å². The lowest BCUT2D eigenvalue weighted by molar-refractivity contribution is -0.114. The van der Waals surface area contributed by atoms with Crippen molar-refractivity contribution in [2.45, 2.75) is 26.7 Å². The van der Waals surface area contributed by atoms with Gasteiger partial charge in [0.05, 0.1) is 0 Å². The van der Waals surface area contributed by atoms with Gasteiger partial charge in [-0.1, -0.05) is 25.1 Å². The molecule has 0 aliphatic carbocycles. The van der Waals surface area contributed by atoms with Crippen LogP contribution < -0.4 is 10.6 Å². The van der Waals surface area contributed by atoms with Crippen molar-refractivity contribution in [3.8, 4) is 0 Å². The number of likely N-dealkylation sites (tertiary alicyclic amines) is 1. The Kier molecular flexibility index (Phi) is 8.98. The van der Waals surface area contributed by atoms with Crippen molar-refractivity contribution in [2.24, 2.45) is 10.9 Å². The van der Waals surface area contributed by atoms with Crippen LogP contribution in [0, 0.1) is 5.92 Å². The average molecular weight is 430 g/mol. The Morgan fingerprint density at radius 3 is 2.74 bits per heavy atom. The summed E-state index contributed by atoms with van der Waals surface area (Å²) in [4.78, 5) is 18.7. The zero-order chi connectivity index (χ0) is 15.8. The number of rotatable bonds is 4. The van der Waals surface area contributed by atoms with Crippen molar-refractivity contribution in [2.75, 3.05) is 31.5 Å². The van der Waals surface area contributed by atoms with Crippen molar-refractivity contribution in [1.29, 1.82) is 0 Å². The number of carbonyl (C=O) groups is 1. The second kappa shape index (κ2) is 10.5. The van der Waals surface area contributed by atoms with Crippen LogP contribution in [0.5, 0.6) is 0 Å². The molecule has 0 radical (unpaired) electrons. The highest BCUT2D eigenvalue weighted by Gasteiger charge is 2.19. The number of carbonyl (C=O) groups excluding carboxylic acids is 1. The Bertz CT molecular complexity index is 507. The van der Waals surface area contributed by atoms with Crippen LogP contribution in [-0.2, 0) is 4.79 Å². The summed E-state index contributed by atoms with van der Waals surface area (Å²) >= 11 is 0. The van der Waals surface area contributed by atoms with E-state index in [4.69, 9.17) is 0 Å². The van der Waals surface area contributed by atoms with Crippen LogP contribution in [-0.4, -0.2) is 42.9 Å². The number of halogens is 1. The van der Waals surface area contributed by atoms with Gasteiger partial charge >= 0.3 is 0 Å². The Balaban J connectivity index is 0.00000264. The molecule has 1 unspecified atom stereocenters. The third-order valence-corrected chi connectivity index (χ3v) is 3.72. The van der Waals surface area contributed by atoms with Crippen molar-refractivity contribution >= 4 is 41.5 Å². The lowest BCUT2D eigenvalue weighted by Gasteiger charge is -2.33. The highest BCUT2D eigenvalue weighted by molar-refractivity contribution is 14.0. The molecular weight excluding hydrogens is 403 g/mol. The summed E-state index contributed by atoms with van der Waals surface area (Å²) in [5.41, 5.74) is 0.805. The van der Waals surface area contributed by atoms with E-state index in [-0.39, 0.29) is 36.4 Å². The van der Waals surface area contributed by atoms with Crippen LogP contribution in [0.15, 0.2) is 35.3 Å². The van der Waals surface area contributed by atoms with Gasteiger partial charge in [-0.05, 0) is 37.8 Å². The molecular formula is C17H27IN4O. The molecule has 0 bridgehead atoms. The van der Waals surface area contributed by atoms with Crippen LogP contribution in [0.25, 0.3) is 0 Å². The Morgan fingerprint density at radius 2 is 2.09 bits per heavy atom. The molecule has 2 N–H and O–H groups in total. The number of nitrogens with one attached hydrogen (secondary N) is 2. The summed E-state index contributed by atoms with van der Waals surface area (Å²) < 4.78 is 0. The number of piperidine rings is 1. The molecule has 1 aliphatic heterocycles. The molecule has 0 saturated carbocycles. The second-order valence-corrected chi connectivity index (χ2v) is 5.78. The standard InChI is InChI=1S/C17H26N4O.HI/c1-3-18-17(21-11-7-8-14(2)13-21)19-12-16(22)20-15-9-5-4-6-10-15;/h4-6,9-10,14H,3,7-8,11-13H2,1-2H3,(H,18,19)(H,20,22);1H. The van der Waals surface area contributed by atoms with Crippen LogP contribution in [0.1, 0.15) is 26.7 Å². The van der Waals surface area contributed by atoms with Gasteiger partial charge in [0.15, 0.2) is 5.96 Å². The van der Waals surface area contributed by atoms with Crippen LogP contribution >= 0.6 is 24.0 Å². The molecule has 1 aliphatic rings. The molecule has 1 aromatic carbocycles. The van der Waals surface area contributed by atoms with E-state index in [1.54, 1.807) is 0 Å². The first-order valence-corrected chi connectivity index (χ1v) is 8.07. The SMILES string of the molecule is CCNC(=NCC(=O)Nc1ccccc1)N1CCCC(C)C1.I. The van der Waals surface area contributed by atoms with Gasteiger partial charge in [0.1, 0.15) is 6.54 Å². The second-order valence-electron chi connectivity index (χ2n) is 5.78. The van der Waals surface area contributed by atoms with Gasteiger partial charge in [-0.25, -0.2) is 4.99 Å². The van der Waals surface area contributed by atoms with Crippen LogP contribution in [0.3, 0.4) is 0 Å². The van der Waals surface area contributed by atoms with Crippen molar-refractivity contribution in [3.63, 3.8) is 0 Å². The first kappa shape index (κ1) is 19.7. The molecule has 1 atom stereocenters. The first-order chi connectivity index (χ1) is 10.7. The summed E-state index contributed by atoms with van der Waals surface area (Å²) in [7, 11) is 0. The molecule has 128 valence electrons. The predicted molar refractivity (Wildman–Crippen MR) is 106 cm³/mol. The smallest absolute Gasteiger partial charge is 0.246 e. The first-order valence-electron chi connectivity index (χ1n) is 8.07. The summed E-state index contributed by atoms with van der Waals surface area (Å²) in [6, 6.07) is 9.48. The van der Waals surface area contributed by atoms with E-state index >= 15 is 0 Å². The number of anilines is 1. The predicted octanol–water partition coefficient (Wildman–Crippen LogP) is 2.94. The van der Waals surface area contributed by atoms with Crippen molar-refractivity contribution in [3.05, 3.63) is 30.3 Å². The van der Waals surface area contributed by atoms with Gasteiger partial charge in [-0.15, -0.1) is 24.0 Å². The third-order valence-electron chi connectivity index (χ3n) is 3.72. The van der Waals surface area contributed by atoms with E-state index in [1.165, 1.54) is 12.8 Å². The van der Waals surface area contributed by atoms with E-state index in [0.717, 1.165) is 31.3 Å². The number of nitrogens with zero attached hydrogens (tertiary/aromatic N) is 2. The average Bonchev–Trinajstić information content (AvgIpc) is 2.52. The highest BCUT2D eigenvalue weighted by atomic mass is 127. The van der Waals surface area contributed by atoms with E-state index in [2.05, 4.69) is 27.4 Å². The van der Waals surface area contributed by atoms with E-state index < -0.39 is 0 Å². The van der Waals surface area contributed by atoms with Gasteiger partial charge in [-0.3, -0.25) is 4.79 Å². The summed E-state index contributed by atoms with van der Waals surface area (Å²) in [6.07, 6.45) is 2.45. The third kappa shape index (κ3) is 6.76. The molecule has 1 amide bonds. The van der Waals surface area contributed by atoms with E-state index in [9.17, 15) is 4.79 Å².